The maximum absolute atomic E-state index is 10.2. The van der Waals surface area contributed by atoms with Crippen LogP contribution in [0.5, 0.6) is 0 Å². The standard InChI is InChI=1S/C11H11NO2/c1-8(14-7-13)10-3-2-9-4-5-12-11(9)6-10/h2-8,12H,1H3. The minimum atomic E-state index is -0.194. The normalized spacial score (nSPS) is 12.6. The molecule has 0 aliphatic heterocycles. The highest BCUT2D eigenvalue weighted by Crippen LogP contribution is 2.20. The number of carbonyl (C=O) groups excluding carboxylic acids is 1. The lowest BCUT2D eigenvalue weighted by molar-refractivity contribution is -0.133. The number of nitrogens with one attached hydrogen (secondary N) is 1. The van der Waals surface area contributed by atoms with E-state index in [9.17, 15) is 4.79 Å². The largest absolute Gasteiger partial charge is 0.460 e. The molecule has 72 valence electrons. The summed E-state index contributed by atoms with van der Waals surface area (Å²) in [6.45, 7) is 2.32. The first-order chi connectivity index (χ1) is 6.81. The predicted octanol–water partition coefficient (Wildman–Crippen LogP) is 2.40. The number of fused-ring (bicyclic) bond motifs is 1. The SMILES string of the molecule is CC(OC=O)c1ccc2cc[nH]c2c1. The smallest absolute Gasteiger partial charge is 0.293 e. The van der Waals surface area contributed by atoms with Crippen molar-refractivity contribution in [1.82, 2.24) is 4.98 Å². The van der Waals surface area contributed by atoms with Crippen LogP contribution in [0.15, 0.2) is 30.5 Å². The zero-order chi connectivity index (χ0) is 9.97. The molecule has 0 bridgehead atoms. The van der Waals surface area contributed by atoms with Crippen molar-refractivity contribution in [3.63, 3.8) is 0 Å². The molecule has 0 amide bonds. The average molecular weight is 189 g/mol. The van der Waals surface area contributed by atoms with Crippen molar-refractivity contribution < 1.29 is 9.53 Å². The fourth-order valence-corrected chi connectivity index (χ4v) is 1.48. The van der Waals surface area contributed by atoms with Gasteiger partial charge in [-0.2, -0.15) is 0 Å². The van der Waals surface area contributed by atoms with Crippen molar-refractivity contribution in [3.8, 4) is 0 Å². The fourth-order valence-electron chi connectivity index (χ4n) is 1.48. The first-order valence-electron chi connectivity index (χ1n) is 4.47. The lowest BCUT2D eigenvalue weighted by Gasteiger charge is -2.09. The number of carbonyl (C=O) groups is 1. The van der Waals surface area contributed by atoms with Crippen molar-refractivity contribution >= 4 is 17.4 Å². The quantitative estimate of drug-likeness (QED) is 0.753. The first-order valence-corrected chi connectivity index (χ1v) is 4.47. The molecule has 1 aromatic carbocycles. The maximum Gasteiger partial charge on any atom is 0.293 e. The maximum atomic E-state index is 10.2. The molecule has 0 saturated carbocycles. The predicted molar refractivity (Wildman–Crippen MR) is 53.9 cm³/mol. The summed E-state index contributed by atoms with van der Waals surface area (Å²) in [5.41, 5.74) is 2.05. The molecule has 0 aliphatic rings. The number of ether oxygens (including phenoxy) is 1. The summed E-state index contributed by atoms with van der Waals surface area (Å²) >= 11 is 0. The molecule has 0 aliphatic carbocycles. The Hall–Kier alpha value is -1.77. The van der Waals surface area contributed by atoms with E-state index in [1.54, 1.807) is 0 Å². The molecule has 0 spiro atoms. The number of hydrogen-bond donors (Lipinski definition) is 1. The third-order valence-electron chi connectivity index (χ3n) is 2.31. The van der Waals surface area contributed by atoms with Gasteiger partial charge in [0.05, 0.1) is 0 Å². The molecule has 14 heavy (non-hydrogen) atoms. The highest BCUT2D eigenvalue weighted by molar-refractivity contribution is 5.79. The van der Waals surface area contributed by atoms with E-state index in [1.807, 2.05) is 37.4 Å². The van der Waals surface area contributed by atoms with Crippen LogP contribution in [0.3, 0.4) is 0 Å². The van der Waals surface area contributed by atoms with Crippen LogP contribution in [0.25, 0.3) is 10.9 Å². The third kappa shape index (κ3) is 1.48. The van der Waals surface area contributed by atoms with Gasteiger partial charge in [-0.05, 0) is 30.0 Å². The van der Waals surface area contributed by atoms with Crippen molar-refractivity contribution in [1.29, 1.82) is 0 Å². The van der Waals surface area contributed by atoms with Crippen LogP contribution < -0.4 is 0 Å². The zero-order valence-electron chi connectivity index (χ0n) is 7.86. The molecule has 3 heteroatoms. The Morgan fingerprint density at radius 1 is 1.43 bits per heavy atom. The van der Waals surface area contributed by atoms with Gasteiger partial charge in [-0.1, -0.05) is 12.1 Å². The Kier molecular flexibility index (Phi) is 2.23. The number of H-pyrrole nitrogens is 1. The minimum Gasteiger partial charge on any atom is -0.460 e. The summed E-state index contributed by atoms with van der Waals surface area (Å²) in [6, 6.07) is 7.96. The third-order valence-corrected chi connectivity index (χ3v) is 2.31. The number of aromatic nitrogens is 1. The van der Waals surface area contributed by atoms with E-state index in [0.717, 1.165) is 16.5 Å². The summed E-state index contributed by atoms with van der Waals surface area (Å²) in [5.74, 6) is 0. The molecule has 1 aromatic heterocycles. The summed E-state index contributed by atoms with van der Waals surface area (Å²) in [4.78, 5) is 13.3. The van der Waals surface area contributed by atoms with E-state index in [4.69, 9.17) is 4.74 Å². The van der Waals surface area contributed by atoms with Gasteiger partial charge in [-0.3, -0.25) is 4.79 Å². The Morgan fingerprint density at radius 2 is 2.29 bits per heavy atom. The van der Waals surface area contributed by atoms with Gasteiger partial charge in [-0.25, -0.2) is 0 Å². The second-order valence-electron chi connectivity index (χ2n) is 3.20. The summed E-state index contributed by atoms with van der Waals surface area (Å²) < 4.78 is 4.86. The molecule has 0 radical (unpaired) electrons. The molecule has 1 heterocycles. The number of benzene rings is 1. The van der Waals surface area contributed by atoms with E-state index in [-0.39, 0.29) is 6.10 Å². The molecular formula is C11H11NO2. The van der Waals surface area contributed by atoms with E-state index < -0.39 is 0 Å². The van der Waals surface area contributed by atoms with Crippen LogP contribution in [-0.4, -0.2) is 11.5 Å². The summed E-state index contributed by atoms with van der Waals surface area (Å²) in [6.07, 6.45) is 1.69. The first kappa shape index (κ1) is 8.81. The number of aromatic amines is 1. The number of rotatable bonds is 3. The molecule has 2 aromatic rings. The second-order valence-corrected chi connectivity index (χ2v) is 3.20. The van der Waals surface area contributed by atoms with Crippen molar-refractivity contribution in [2.75, 3.05) is 0 Å². The monoisotopic (exact) mass is 189 g/mol. The summed E-state index contributed by atoms with van der Waals surface area (Å²) in [5, 5.41) is 1.16. The van der Waals surface area contributed by atoms with E-state index in [2.05, 4.69) is 4.98 Å². The van der Waals surface area contributed by atoms with Gasteiger partial charge < -0.3 is 9.72 Å². The topological polar surface area (TPSA) is 42.1 Å². The van der Waals surface area contributed by atoms with Crippen LogP contribution in [0.2, 0.25) is 0 Å². The molecule has 1 unspecified atom stereocenters. The molecule has 1 N–H and O–H groups in total. The van der Waals surface area contributed by atoms with Crippen LogP contribution in [-0.2, 0) is 9.53 Å². The van der Waals surface area contributed by atoms with Crippen LogP contribution in [0.1, 0.15) is 18.6 Å². The average Bonchev–Trinajstić information content (AvgIpc) is 2.64. The molecule has 2 rings (SSSR count). The Balaban J connectivity index is 2.38. The van der Waals surface area contributed by atoms with Gasteiger partial charge in [0.25, 0.3) is 6.47 Å². The molecule has 3 nitrogen and oxygen atoms in total. The van der Waals surface area contributed by atoms with Gasteiger partial charge in [0.1, 0.15) is 6.10 Å². The van der Waals surface area contributed by atoms with Gasteiger partial charge in [0.15, 0.2) is 0 Å². The van der Waals surface area contributed by atoms with Crippen molar-refractivity contribution in [2.24, 2.45) is 0 Å². The van der Waals surface area contributed by atoms with Gasteiger partial charge in [0.2, 0.25) is 0 Å². The molecular weight excluding hydrogens is 178 g/mol. The van der Waals surface area contributed by atoms with Crippen LogP contribution >= 0.6 is 0 Å². The van der Waals surface area contributed by atoms with Gasteiger partial charge in [0, 0.05) is 11.7 Å². The lowest BCUT2D eigenvalue weighted by atomic mass is 10.1. The summed E-state index contributed by atoms with van der Waals surface area (Å²) in [7, 11) is 0. The molecule has 0 saturated heterocycles. The highest BCUT2D eigenvalue weighted by atomic mass is 16.5. The van der Waals surface area contributed by atoms with Crippen LogP contribution in [0.4, 0.5) is 0 Å². The highest BCUT2D eigenvalue weighted by Gasteiger charge is 2.06. The number of hydrogen-bond acceptors (Lipinski definition) is 2. The fraction of sp³-hybridized carbons (Fsp3) is 0.182. The lowest BCUT2D eigenvalue weighted by Crippen LogP contribution is -1.97. The minimum absolute atomic E-state index is 0.194. The van der Waals surface area contributed by atoms with Gasteiger partial charge >= 0.3 is 0 Å². The van der Waals surface area contributed by atoms with Crippen LogP contribution in [0, 0.1) is 0 Å². The van der Waals surface area contributed by atoms with E-state index >= 15 is 0 Å². The molecule has 0 fully saturated rings. The zero-order valence-corrected chi connectivity index (χ0v) is 7.86. The Labute approximate surface area is 81.7 Å². The second kappa shape index (κ2) is 3.54. The Morgan fingerprint density at radius 3 is 3.07 bits per heavy atom. The van der Waals surface area contributed by atoms with E-state index in [1.165, 1.54) is 0 Å². The molecule has 1 atom stereocenters. The van der Waals surface area contributed by atoms with Crippen molar-refractivity contribution in [2.45, 2.75) is 13.0 Å². The van der Waals surface area contributed by atoms with Gasteiger partial charge in [-0.15, -0.1) is 0 Å². The Bertz CT molecular complexity index is 447. The van der Waals surface area contributed by atoms with E-state index in [0.29, 0.717) is 6.47 Å². The van der Waals surface area contributed by atoms with Crippen molar-refractivity contribution in [3.05, 3.63) is 36.0 Å².